The van der Waals surface area contributed by atoms with Gasteiger partial charge in [0.1, 0.15) is 10.7 Å². The number of carbonyl (C=O) groups excluding carboxylic acids is 1. The van der Waals surface area contributed by atoms with Crippen molar-refractivity contribution in [2.45, 2.75) is 6.54 Å². The molecule has 5 nitrogen and oxygen atoms in total. The molecule has 0 bridgehead atoms. The first-order valence-corrected chi connectivity index (χ1v) is 8.30. The summed E-state index contributed by atoms with van der Waals surface area (Å²) >= 11 is 18.1. The van der Waals surface area contributed by atoms with Gasteiger partial charge in [-0.25, -0.2) is 5.43 Å². The van der Waals surface area contributed by atoms with E-state index in [0.29, 0.717) is 31.0 Å². The predicted molar refractivity (Wildman–Crippen MR) is 99.3 cm³/mol. The van der Waals surface area contributed by atoms with Gasteiger partial charge in [-0.1, -0.05) is 46.7 Å². The molecule has 3 N–H and O–H groups in total. The van der Waals surface area contributed by atoms with Crippen LogP contribution >= 0.6 is 46.8 Å². The fraction of sp³-hybridized carbons (Fsp3) is 0.0714. The van der Waals surface area contributed by atoms with Gasteiger partial charge in [-0.3, -0.25) is 4.79 Å². The van der Waals surface area contributed by atoms with E-state index in [1.807, 2.05) is 0 Å². The highest BCUT2D eigenvalue weighted by atomic mass is 35.5. The highest BCUT2D eigenvalue weighted by molar-refractivity contribution is 7.73. The Morgan fingerprint density at radius 1 is 1.52 bits per heavy atom. The number of hydrogen-bond donors (Lipinski definition) is 2. The molecule has 23 heavy (non-hydrogen) atoms. The van der Waals surface area contributed by atoms with E-state index in [1.165, 1.54) is 6.21 Å². The van der Waals surface area contributed by atoms with Crippen LogP contribution in [0.5, 0.6) is 0 Å². The highest BCUT2D eigenvalue weighted by Crippen LogP contribution is 2.22. The monoisotopic (exact) mass is 386 g/mol. The molecule has 120 valence electrons. The molecule has 0 radical (unpaired) electrons. The first-order valence-electron chi connectivity index (χ1n) is 6.32. The van der Waals surface area contributed by atoms with Gasteiger partial charge in [-0.05, 0) is 24.4 Å². The molecule has 1 aromatic carbocycles. The maximum absolute atomic E-state index is 12.1. The van der Waals surface area contributed by atoms with Gasteiger partial charge in [0.2, 0.25) is 0 Å². The van der Waals surface area contributed by atoms with Crippen LogP contribution < -0.4 is 11.2 Å². The summed E-state index contributed by atoms with van der Waals surface area (Å²) in [5.41, 5.74) is 8.95. The van der Waals surface area contributed by atoms with E-state index in [9.17, 15) is 4.79 Å². The van der Waals surface area contributed by atoms with Gasteiger partial charge in [0.25, 0.3) is 5.91 Å². The SMILES string of the molecule is C=CCn1c(N)c(C(=O)N/N=C\c2ccc(Cl)cc2Cl)sc1=S. The van der Waals surface area contributed by atoms with Crippen LogP contribution in [0.3, 0.4) is 0 Å². The number of nitrogen functional groups attached to an aromatic ring is 1. The maximum atomic E-state index is 12.1. The van der Waals surface area contributed by atoms with Gasteiger partial charge in [-0.15, -0.1) is 6.58 Å². The number of nitrogens with one attached hydrogen (secondary N) is 1. The summed E-state index contributed by atoms with van der Waals surface area (Å²) in [4.78, 5) is 12.4. The fourth-order valence-corrected chi connectivity index (χ4v) is 3.39. The number of halogens is 2. The second-order valence-corrected chi connectivity index (χ2v) is 6.83. The van der Waals surface area contributed by atoms with Gasteiger partial charge in [-0.2, -0.15) is 5.10 Å². The van der Waals surface area contributed by atoms with E-state index < -0.39 is 5.91 Å². The van der Waals surface area contributed by atoms with E-state index in [0.717, 1.165) is 11.3 Å². The number of nitrogens with zero attached hydrogens (tertiary/aromatic N) is 2. The Hall–Kier alpha value is -1.67. The van der Waals surface area contributed by atoms with E-state index in [1.54, 1.807) is 28.8 Å². The van der Waals surface area contributed by atoms with Crippen molar-refractivity contribution >= 4 is 64.7 Å². The Morgan fingerprint density at radius 3 is 2.91 bits per heavy atom. The third kappa shape index (κ3) is 4.20. The van der Waals surface area contributed by atoms with Crippen molar-refractivity contribution in [3.63, 3.8) is 0 Å². The Kier molecular flexibility index (Phi) is 5.95. The third-order valence-electron chi connectivity index (χ3n) is 2.78. The number of allylic oxidation sites excluding steroid dienone is 1. The number of benzene rings is 1. The van der Waals surface area contributed by atoms with E-state index in [-0.39, 0.29) is 5.82 Å². The van der Waals surface area contributed by atoms with Gasteiger partial charge in [0.05, 0.1) is 11.2 Å². The molecule has 0 aliphatic rings. The first-order chi connectivity index (χ1) is 10.9. The van der Waals surface area contributed by atoms with Crippen molar-refractivity contribution in [1.82, 2.24) is 9.99 Å². The lowest BCUT2D eigenvalue weighted by atomic mass is 10.2. The quantitative estimate of drug-likeness (QED) is 0.351. The molecule has 0 fully saturated rings. The Morgan fingerprint density at radius 2 is 2.26 bits per heavy atom. The molecule has 9 heteroatoms. The number of carbonyl (C=O) groups is 1. The number of anilines is 1. The van der Waals surface area contributed by atoms with Crippen LogP contribution in [0.4, 0.5) is 5.82 Å². The molecule has 0 aliphatic heterocycles. The van der Waals surface area contributed by atoms with Crippen LogP contribution in [0.2, 0.25) is 10.0 Å². The van der Waals surface area contributed by atoms with Gasteiger partial charge in [0.15, 0.2) is 3.95 Å². The van der Waals surface area contributed by atoms with Crippen molar-refractivity contribution in [3.05, 3.63) is 55.3 Å². The Balaban J connectivity index is 2.13. The van der Waals surface area contributed by atoms with Crippen molar-refractivity contribution in [2.24, 2.45) is 5.10 Å². The summed E-state index contributed by atoms with van der Waals surface area (Å²) in [6, 6.07) is 4.96. The molecule has 0 saturated carbocycles. The molecule has 2 rings (SSSR count). The lowest BCUT2D eigenvalue weighted by Gasteiger charge is -2.02. The average molecular weight is 387 g/mol. The standard InChI is InChI=1S/C14H12Cl2N4OS2/c1-2-5-20-12(17)11(23-14(20)22)13(21)19-18-7-8-3-4-9(15)6-10(8)16/h2-4,6-7H,1,5,17H2,(H,19,21)/b18-7-. The molecule has 1 amide bonds. The number of thiazole rings is 1. The summed E-state index contributed by atoms with van der Waals surface area (Å²) in [6.45, 7) is 4.07. The van der Waals surface area contributed by atoms with Gasteiger partial charge < -0.3 is 10.3 Å². The third-order valence-corrected chi connectivity index (χ3v) is 4.81. The molecule has 0 atom stereocenters. The fourth-order valence-electron chi connectivity index (χ4n) is 1.70. The normalized spacial score (nSPS) is 10.9. The summed E-state index contributed by atoms with van der Waals surface area (Å²) < 4.78 is 2.12. The topological polar surface area (TPSA) is 72.4 Å². The molecule has 0 spiro atoms. The van der Waals surface area contributed by atoms with Crippen molar-refractivity contribution in [2.75, 3.05) is 5.73 Å². The van der Waals surface area contributed by atoms with Crippen molar-refractivity contribution in [1.29, 1.82) is 0 Å². The second-order valence-electron chi connectivity index (χ2n) is 4.35. The Labute approximate surface area is 152 Å². The molecule has 0 aliphatic carbocycles. The van der Waals surface area contributed by atoms with Gasteiger partial charge in [0, 0.05) is 17.1 Å². The zero-order valence-electron chi connectivity index (χ0n) is 11.8. The number of hydrazone groups is 1. The number of rotatable bonds is 5. The summed E-state index contributed by atoms with van der Waals surface area (Å²) in [5.74, 6) is -0.153. The molecule has 0 saturated heterocycles. The molecule has 2 aromatic rings. The molecular formula is C14H12Cl2N4OS2. The van der Waals surface area contributed by atoms with Crippen molar-refractivity contribution in [3.8, 4) is 0 Å². The smallest absolute Gasteiger partial charge is 0.285 e. The predicted octanol–water partition coefficient (Wildman–Crippen LogP) is 4.12. The number of amides is 1. The van der Waals surface area contributed by atoms with Crippen LogP contribution in [-0.4, -0.2) is 16.7 Å². The first kappa shape index (κ1) is 17.7. The van der Waals surface area contributed by atoms with E-state index in [2.05, 4.69) is 17.1 Å². The zero-order valence-corrected chi connectivity index (χ0v) is 14.9. The maximum Gasteiger partial charge on any atom is 0.285 e. The van der Waals surface area contributed by atoms with E-state index >= 15 is 0 Å². The summed E-state index contributed by atoms with van der Waals surface area (Å²) in [7, 11) is 0. The van der Waals surface area contributed by atoms with Crippen molar-refractivity contribution < 1.29 is 4.79 Å². The number of aromatic nitrogens is 1. The van der Waals surface area contributed by atoms with Crippen LogP contribution in [0.15, 0.2) is 36.0 Å². The molecule has 1 heterocycles. The zero-order chi connectivity index (χ0) is 17.0. The summed E-state index contributed by atoms with van der Waals surface area (Å²) in [6.07, 6.45) is 3.08. The minimum atomic E-state index is -0.442. The number of hydrogen-bond acceptors (Lipinski definition) is 5. The Bertz CT molecular complexity index is 842. The summed E-state index contributed by atoms with van der Waals surface area (Å²) in [5, 5.41) is 4.82. The lowest BCUT2D eigenvalue weighted by Crippen LogP contribution is -2.18. The lowest BCUT2D eigenvalue weighted by molar-refractivity contribution is 0.0959. The molecular weight excluding hydrogens is 375 g/mol. The largest absolute Gasteiger partial charge is 0.384 e. The average Bonchev–Trinajstić information content (AvgIpc) is 2.78. The van der Waals surface area contributed by atoms with Crippen LogP contribution in [0.25, 0.3) is 0 Å². The second kappa shape index (κ2) is 7.74. The van der Waals surface area contributed by atoms with Crippen LogP contribution in [0, 0.1) is 3.95 Å². The minimum Gasteiger partial charge on any atom is -0.384 e. The number of nitrogens with two attached hydrogens (primary N) is 1. The minimum absolute atomic E-state index is 0.289. The molecule has 1 aromatic heterocycles. The van der Waals surface area contributed by atoms with Crippen LogP contribution in [0.1, 0.15) is 15.2 Å². The highest BCUT2D eigenvalue weighted by Gasteiger charge is 2.16. The molecule has 0 unspecified atom stereocenters. The van der Waals surface area contributed by atoms with Gasteiger partial charge >= 0.3 is 0 Å². The van der Waals surface area contributed by atoms with E-state index in [4.69, 9.17) is 41.2 Å². The van der Waals surface area contributed by atoms with Crippen LogP contribution in [-0.2, 0) is 6.54 Å².